The molecule has 1 aliphatic rings. The quantitative estimate of drug-likeness (QED) is 0.133. The van der Waals surface area contributed by atoms with Gasteiger partial charge in [-0.3, -0.25) is 14.5 Å². The molecule has 0 aliphatic carbocycles. The van der Waals surface area contributed by atoms with Crippen molar-refractivity contribution in [2.75, 3.05) is 18.1 Å². The van der Waals surface area contributed by atoms with Crippen molar-refractivity contribution in [3.05, 3.63) is 98.9 Å². The minimum Gasteiger partial charge on any atom is -0.494 e. The zero-order chi connectivity index (χ0) is 27.5. The monoisotopic (exact) mass is 544 g/mol. The molecule has 1 aliphatic heterocycles. The molecule has 1 amide bonds. The molecule has 8 nitrogen and oxygen atoms in total. The Kier molecular flexibility index (Phi) is 7.60. The van der Waals surface area contributed by atoms with Crippen molar-refractivity contribution in [2.45, 2.75) is 39.2 Å². The third kappa shape index (κ3) is 4.97. The third-order valence-corrected chi connectivity index (χ3v) is 7.64. The summed E-state index contributed by atoms with van der Waals surface area (Å²) in [4.78, 5) is 46.4. The Morgan fingerprint density at radius 3 is 2.67 bits per heavy atom. The summed E-state index contributed by atoms with van der Waals surface area (Å²) < 4.78 is 17.0. The summed E-state index contributed by atoms with van der Waals surface area (Å²) in [6.07, 6.45) is 4.64. The van der Waals surface area contributed by atoms with Gasteiger partial charge in [-0.05, 0) is 43.2 Å². The number of unbranched alkanes of at least 4 members (excludes halogenated alkanes) is 2. The van der Waals surface area contributed by atoms with Gasteiger partial charge in [0.25, 0.3) is 5.91 Å². The Balaban J connectivity index is 1.59. The number of nitrogens with zero attached hydrogens (tertiary/aromatic N) is 2. The number of ether oxygens (including phenoxy) is 2. The number of aromatic nitrogens is 1. The minimum atomic E-state index is -0.801. The molecule has 0 bridgehead atoms. The summed E-state index contributed by atoms with van der Waals surface area (Å²) in [5.41, 5.74) is 1.39. The van der Waals surface area contributed by atoms with Crippen LogP contribution < -0.4 is 15.1 Å². The van der Waals surface area contributed by atoms with Crippen molar-refractivity contribution in [1.82, 2.24) is 4.98 Å². The van der Waals surface area contributed by atoms with E-state index in [0.717, 1.165) is 30.6 Å². The lowest BCUT2D eigenvalue weighted by Gasteiger charge is -2.22. The molecule has 2 aromatic heterocycles. The van der Waals surface area contributed by atoms with Gasteiger partial charge in [0.15, 0.2) is 10.6 Å². The van der Waals surface area contributed by atoms with Gasteiger partial charge >= 0.3 is 5.97 Å². The van der Waals surface area contributed by atoms with Crippen LogP contribution in [0, 0.1) is 6.92 Å². The van der Waals surface area contributed by atoms with E-state index < -0.39 is 17.9 Å². The van der Waals surface area contributed by atoms with E-state index in [-0.39, 0.29) is 33.4 Å². The number of hydrogen-bond donors (Lipinski definition) is 0. The van der Waals surface area contributed by atoms with E-state index in [1.165, 1.54) is 11.0 Å². The van der Waals surface area contributed by atoms with Gasteiger partial charge in [-0.15, -0.1) is 0 Å². The van der Waals surface area contributed by atoms with Gasteiger partial charge in [0.1, 0.15) is 22.8 Å². The fourth-order valence-electron chi connectivity index (χ4n) is 4.60. The normalized spacial score (nSPS) is 14.5. The molecule has 4 aromatic rings. The number of benzene rings is 2. The van der Waals surface area contributed by atoms with Gasteiger partial charge < -0.3 is 13.9 Å². The van der Waals surface area contributed by atoms with Crippen LogP contribution in [0.5, 0.6) is 5.75 Å². The number of carbonyl (C=O) groups is 2. The smallest absolute Gasteiger partial charge is 0.350 e. The Morgan fingerprint density at radius 1 is 1.15 bits per heavy atom. The maximum atomic E-state index is 13.8. The fraction of sp³-hybridized carbons (Fsp3) is 0.267. The zero-order valence-electron chi connectivity index (χ0n) is 21.8. The molecule has 5 rings (SSSR count). The highest BCUT2D eigenvalue weighted by Gasteiger charge is 2.45. The number of esters is 1. The molecule has 200 valence electrons. The van der Waals surface area contributed by atoms with Crippen LogP contribution in [0.3, 0.4) is 0 Å². The highest BCUT2D eigenvalue weighted by molar-refractivity contribution is 7.17. The van der Waals surface area contributed by atoms with E-state index in [9.17, 15) is 14.4 Å². The van der Waals surface area contributed by atoms with Crippen LogP contribution >= 0.6 is 11.3 Å². The minimum absolute atomic E-state index is 0.0350. The number of rotatable bonds is 10. The standard InChI is InChI=1S/C30H28N2O6S/c1-4-6-9-17-36-20-14-12-19(13-15-20)24-23-25(33)21-10-7-8-11-22(21)38-26(23)28(34)32(24)30-31-18(3)27(39-30)29(35)37-16-5-2/h5,7-8,10-15,24H,2,4,6,9,16-17H2,1,3H3/t24-/m1/s1. The summed E-state index contributed by atoms with van der Waals surface area (Å²) in [6.45, 7) is 8.05. The van der Waals surface area contributed by atoms with Crippen LogP contribution in [0.4, 0.5) is 5.13 Å². The second kappa shape index (κ2) is 11.2. The number of thiazole rings is 1. The SMILES string of the molecule is C=CCOC(=O)c1sc(N2C(=O)c3oc4ccccc4c(=O)c3[C@H]2c2ccc(OCCCCC)cc2)nc1C. The lowest BCUT2D eigenvalue weighted by molar-refractivity contribution is 0.0554. The molecule has 0 spiro atoms. The molecular formula is C30H28N2O6S. The van der Waals surface area contributed by atoms with Crippen LogP contribution in [0.2, 0.25) is 0 Å². The van der Waals surface area contributed by atoms with Crippen molar-refractivity contribution < 1.29 is 23.5 Å². The van der Waals surface area contributed by atoms with Gasteiger partial charge in [-0.1, -0.05) is 68.0 Å². The number of anilines is 1. The molecule has 9 heteroatoms. The van der Waals surface area contributed by atoms with E-state index in [2.05, 4.69) is 18.5 Å². The lowest BCUT2D eigenvalue weighted by Crippen LogP contribution is -2.29. The highest BCUT2D eigenvalue weighted by atomic mass is 32.1. The van der Waals surface area contributed by atoms with Crippen molar-refractivity contribution in [2.24, 2.45) is 0 Å². The molecular weight excluding hydrogens is 516 g/mol. The van der Waals surface area contributed by atoms with Crippen LogP contribution in [-0.4, -0.2) is 30.1 Å². The van der Waals surface area contributed by atoms with E-state index in [4.69, 9.17) is 13.9 Å². The molecule has 0 radical (unpaired) electrons. The molecule has 0 unspecified atom stereocenters. The van der Waals surface area contributed by atoms with Gasteiger partial charge in [0.05, 0.1) is 29.3 Å². The largest absolute Gasteiger partial charge is 0.494 e. The van der Waals surface area contributed by atoms with Crippen molar-refractivity contribution in [3.8, 4) is 5.75 Å². The predicted octanol–water partition coefficient (Wildman–Crippen LogP) is 6.22. The molecule has 1 atom stereocenters. The second-order valence-electron chi connectivity index (χ2n) is 9.17. The Hall–Kier alpha value is -4.24. The molecule has 0 N–H and O–H groups in total. The van der Waals surface area contributed by atoms with Gasteiger partial charge in [-0.2, -0.15) is 0 Å². The molecule has 0 fully saturated rings. The first kappa shape index (κ1) is 26.4. The van der Waals surface area contributed by atoms with Gasteiger partial charge in [0.2, 0.25) is 5.76 Å². The van der Waals surface area contributed by atoms with Crippen LogP contribution in [-0.2, 0) is 4.74 Å². The number of para-hydroxylation sites is 1. The topological polar surface area (TPSA) is 98.9 Å². The molecule has 0 saturated carbocycles. The summed E-state index contributed by atoms with van der Waals surface area (Å²) in [7, 11) is 0. The van der Waals surface area contributed by atoms with Crippen molar-refractivity contribution in [1.29, 1.82) is 0 Å². The first-order chi connectivity index (χ1) is 18.9. The summed E-state index contributed by atoms with van der Waals surface area (Å²) in [6, 6.07) is 13.4. The maximum absolute atomic E-state index is 13.8. The molecule has 39 heavy (non-hydrogen) atoms. The van der Waals surface area contributed by atoms with Crippen molar-refractivity contribution >= 4 is 39.3 Å². The Morgan fingerprint density at radius 2 is 1.92 bits per heavy atom. The fourth-order valence-corrected chi connectivity index (χ4v) is 5.58. The number of aryl methyl sites for hydroxylation is 1. The molecule has 0 saturated heterocycles. The maximum Gasteiger partial charge on any atom is 0.350 e. The number of hydrogen-bond acceptors (Lipinski definition) is 8. The highest BCUT2D eigenvalue weighted by Crippen LogP contribution is 2.43. The van der Waals surface area contributed by atoms with Crippen molar-refractivity contribution in [3.63, 3.8) is 0 Å². The van der Waals surface area contributed by atoms with Gasteiger partial charge in [-0.25, -0.2) is 9.78 Å². The van der Waals surface area contributed by atoms with E-state index in [1.54, 1.807) is 31.2 Å². The number of amides is 1. The average molecular weight is 545 g/mol. The molecule has 2 aromatic carbocycles. The average Bonchev–Trinajstić information content (AvgIpc) is 3.47. The second-order valence-corrected chi connectivity index (χ2v) is 10.1. The first-order valence-electron chi connectivity index (χ1n) is 12.8. The summed E-state index contributed by atoms with van der Waals surface area (Å²) >= 11 is 1.03. The summed E-state index contributed by atoms with van der Waals surface area (Å²) in [5.74, 6) is -0.389. The Bertz CT molecular complexity index is 1600. The first-order valence-corrected chi connectivity index (χ1v) is 13.6. The predicted molar refractivity (Wildman–Crippen MR) is 150 cm³/mol. The van der Waals surface area contributed by atoms with Crippen LogP contribution in [0.25, 0.3) is 11.0 Å². The van der Waals surface area contributed by atoms with E-state index in [0.29, 0.717) is 34.6 Å². The number of carbonyl (C=O) groups excluding carboxylic acids is 2. The van der Waals surface area contributed by atoms with Crippen LogP contribution in [0.1, 0.15) is 69.3 Å². The summed E-state index contributed by atoms with van der Waals surface area (Å²) in [5, 5.41) is 0.651. The number of fused-ring (bicyclic) bond motifs is 2. The molecule has 3 heterocycles. The van der Waals surface area contributed by atoms with Crippen LogP contribution in [0.15, 0.2) is 70.4 Å². The van der Waals surface area contributed by atoms with Gasteiger partial charge in [0, 0.05) is 0 Å². The van der Waals surface area contributed by atoms with E-state index in [1.807, 2.05) is 24.3 Å². The zero-order valence-corrected chi connectivity index (χ0v) is 22.6. The Labute approximate surface area is 229 Å². The third-order valence-electron chi connectivity index (χ3n) is 6.50. The lowest BCUT2D eigenvalue weighted by atomic mass is 9.98. The van der Waals surface area contributed by atoms with E-state index >= 15 is 0 Å².